The number of fused-ring (bicyclic) bond motifs is 4. The zero-order chi connectivity index (χ0) is 24.8. The first-order valence-corrected chi connectivity index (χ1v) is 11.9. The van der Waals surface area contributed by atoms with E-state index in [1.807, 2.05) is 35.0 Å². The standard InChI is InChI=1S/C26H24N6O4/c33-23-15-30(11-4-10-29-12-9-27-16-29)26(34)22-14-20-19-7-1-2-8-21(19)28-24(20)25(31(22)23)17-5-3-6-18(13-17)32(35)36/h1-3,5-9,12-13,16,22,25,28H,4,10-11,14-15H2/t22-,25?/m1/s1. The maximum Gasteiger partial charge on any atom is 0.269 e. The highest BCUT2D eigenvalue weighted by Crippen LogP contribution is 2.43. The van der Waals surface area contributed by atoms with Crippen molar-refractivity contribution in [2.45, 2.75) is 31.5 Å². The van der Waals surface area contributed by atoms with Crippen molar-refractivity contribution in [3.63, 3.8) is 0 Å². The number of aromatic amines is 1. The third-order valence-electron chi connectivity index (χ3n) is 7.14. The number of nitro groups is 1. The van der Waals surface area contributed by atoms with Gasteiger partial charge in [-0.15, -0.1) is 0 Å². The summed E-state index contributed by atoms with van der Waals surface area (Å²) < 4.78 is 1.94. The van der Waals surface area contributed by atoms with E-state index in [4.69, 9.17) is 0 Å². The van der Waals surface area contributed by atoms with Crippen molar-refractivity contribution in [1.82, 2.24) is 24.3 Å². The number of non-ortho nitro benzene ring substituents is 1. The number of imidazole rings is 1. The maximum absolute atomic E-state index is 13.7. The van der Waals surface area contributed by atoms with Gasteiger partial charge in [0.2, 0.25) is 11.8 Å². The quantitative estimate of drug-likeness (QED) is 0.333. The lowest BCUT2D eigenvalue weighted by atomic mass is 9.86. The summed E-state index contributed by atoms with van der Waals surface area (Å²) in [5.41, 5.74) is 3.25. The molecule has 182 valence electrons. The van der Waals surface area contributed by atoms with Gasteiger partial charge in [0.05, 0.1) is 23.8 Å². The number of hydrogen-bond acceptors (Lipinski definition) is 5. The molecule has 2 aliphatic heterocycles. The lowest BCUT2D eigenvalue weighted by molar-refractivity contribution is -0.384. The smallest absolute Gasteiger partial charge is 0.269 e. The largest absolute Gasteiger partial charge is 0.356 e. The van der Waals surface area contributed by atoms with Gasteiger partial charge in [-0.05, 0) is 23.6 Å². The highest BCUT2D eigenvalue weighted by Gasteiger charge is 2.48. The van der Waals surface area contributed by atoms with Crippen LogP contribution in [0.15, 0.2) is 67.3 Å². The maximum atomic E-state index is 13.7. The Morgan fingerprint density at radius 2 is 1.97 bits per heavy atom. The molecule has 10 heteroatoms. The lowest BCUT2D eigenvalue weighted by Gasteiger charge is -2.47. The monoisotopic (exact) mass is 484 g/mol. The molecule has 1 saturated heterocycles. The van der Waals surface area contributed by atoms with Crippen molar-refractivity contribution in [1.29, 1.82) is 0 Å². The number of rotatable bonds is 6. The number of carbonyl (C=O) groups is 2. The molecule has 4 aromatic rings. The zero-order valence-corrected chi connectivity index (χ0v) is 19.4. The number of piperazine rings is 1. The molecule has 2 aromatic heterocycles. The highest BCUT2D eigenvalue weighted by atomic mass is 16.6. The Bertz CT molecular complexity index is 1480. The molecule has 1 unspecified atom stereocenters. The van der Waals surface area contributed by atoms with Crippen molar-refractivity contribution in [3.05, 3.63) is 94.2 Å². The van der Waals surface area contributed by atoms with Crippen molar-refractivity contribution in [3.8, 4) is 0 Å². The molecule has 36 heavy (non-hydrogen) atoms. The van der Waals surface area contributed by atoms with Crippen LogP contribution in [0.25, 0.3) is 10.9 Å². The molecule has 1 fully saturated rings. The summed E-state index contributed by atoms with van der Waals surface area (Å²) in [6.45, 7) is 1.16. The Morgan fingerprint density at radius 1 is 1.11 bits per heavy atom. The van der Waals surface area contributed by atoms with Crippen molar-refractivity contribution in [2.75, 3.05) is 13.1 Å². The number of aryl methyl sites for hydroxylation is 1. The minimum absolute atomic E-state index is 0.0136. The minimum atomic E-state index is -0.671. The molecule has 6 rings (SSSR count). The summed E-state index contributed by atoms with van der Waals surface area (Å²) in [6.07, 6.45) is 6.41. The number of nitro benzene ring substituents is 1. The zero-order valence-electron chi connectivity index (χ0n) is 19.4. The first kappa shape index (κ1) is 22.0. The van der Waals surface area contributed by atoms with E-state index < -0.39 is 17.0 Å². The van der Waals surface area contributed by atoms with Gasteiger partial charge in [-0.3, -0.25) is 19.7 Å². The molecule has 2 atom stereocenters. The van der Waals surface area contributed by atoms with Crippen molar-refractivity contribution >= 4 is 28.4 Å². The SMILES string of the molecule is O=C1[C@H]2Cc3c([nH]c4ccccc34)C(c3cccc([N+](=O)[O-])c3)N2C(=O)CN1CCCn1ccnc1. The third-order valence-corrected chi connectivity index (χ3v) is 7.14. The minimum Gasteiger partial charge on any atom is -0.356 e. The average Bonchev–Trinajstić information content (AvgIpc) is 3.53. The number of aromatic nitrogens is 3. The van der Waals surface area contributed by atoms with Crippen LogP contribution in [0.1, 0.15) is 29.3 Å². The van der Waals surface area contributed by atoms with Gasteiger partial charge in [0.15, 0.2) is 0 Å². The van der Waals surface area contributed by atoms with E-state index in [9.17, 15) is 19.7 Å². The second kappa shape index (κ2) is 8.63. The third kappa shape index (κ3) is 3.62. The van der Waals surface area contributed by atoms with Crippen LogP contribution in [-0.4, -0.2) is 60.2 Å². The van der Waals surface area contributed by atoms with Gasteiger partial charge in [-0.2, -0.15) is 0 Å². The predicted molar refractivity (Wildman–Crippen MR) is 131 cm³/mol. The lowest BCUT2D eigenvalue weighted by Crippen LogP contribution is -2.63. The number of carbonyl (C=O) groups excluding carboxylic acids is 2. The molecule has 0 radical (unpaired) electrons. The number of para-hydroxylation sites is 1. The van der Waals surface area contributed by atoms with E-state index in [0.717, 1.165) is 22.2 Å². The van der Waals surface area contributed by atoms with Gasteiger partial charge in [-0.25, -0.2) is 4.98 Å². The van der Waals surface area contributed by atoms with Gasteiger partial charge in [0, 0.05) is 60.6 Å². The summed E-state index contributed by atoms with van der Waals surface area (Å²) in [5.74, 6) is -0.255. The molecule has 2 aromatic carbocycles. The molecular formula is C26H24N6O4. The number of hydrogen-bond donors (Lipinski definition) is 1. The van der Waals surface area contributed by atoms with E-state index in [1.54, 1.807) is 34.5 Å². The van der Waals surface area contributed by atoms with Crippen LogP contribution < -0.4 is 0 Å². The van der Waals surface area contributed by atoms with Crippen LogP contribution in [0.2, 0.25) is 0 Å². The van der Waals surface area contributed by atoms with Gasteiger partial charge in [0.1, 0.15) is 6.04 Å². The van der Waals surface area contributed by atoms with E-state index >= 15 is 0 Å². The van der Waals surface area contributed by atoms with E-state index in [0.29, 0.717) is 31.5 Å². The second-order valence-electron chi connectivity index (χ2n) is 9.25. The fraction of sp³-hybridized carbons (Fsp3) is 0.269. The van der Waals surface area contributed by atoms with Crippen LogP contribution in [0.4, 0.5) is 5.69 Å². The van der Waals surface area contributed by atoms with Gasteiger partial charge >= 0.3 is 0 Å². The Morgan fingerprint density at radius 3 is 2.78 bits per heavy atom. The van der Waals surface area contributed by atoms with Gasteiger partial charge in [0.25, 0.3) is 5.69 Å². The van der Waals surface area contributed by atoms with E-state index in [-0.39, 0.29) is 24.0 Å². The van der Waals surface area contributed by atoms with Crippen LogP contribution in [0.5, 0.6) is 0 Å². The molecule has 0 spiro atoms. The molecule has 0 aliphatic carbocycles. The normalized spacial score (nSPS) is 19.4. The molecule has 2 aliphatic rings. The first-order chi connectivity index (χ1) is 17.5. The van der Waals surface area contributed by atoms with Crippen LogP contribution in [0.3, 0.4) is 0 Å². The summed E-state index contributed by atoms with van der Waals surface area (Å²) in [6, 6.07) is 12.9. The van der Waals surface area contributed by atoms with Crippen molar-refractivity contribution in [2.24, 2.45) is 0 Å². The van der Waals surface area contributed by atoms with Gasteiger partial charge < -0.3 is 19.4 Å². The highest BCUT2D eigenvalue weighted by molar-refractivity contribution is 5.97. The Labute approximate surface area is 206 Å². The van der Waals surface area contributed by atoms with Crippen LogP contribution in [-0.2, 0) is 22.6 Å². The molecule has 10 nitrogen and oxygen atoms in total. The first-order valence-electron chi connectivity index (χ1n) is 11.9. The summed E-state index contributed by atoms with van der Waals surface area (Å²) in [4.78, 5) is 49.1. The van der Waals surface area contributed by atoms with E-state index in [2.05, 4.69) is 9.97 Å². The van der Waals surface area contributed by atoms with Gasteiger partial charge in [-0.1, -0.05) is 30.3 Å². The summed E-state index contributed by atoms with van der Waals surface area (Å²) >= 11 is 0. The van der Waals surface area contributed by atoms with E-state index in [1.165, 1.54) is 12.1 Å². The molecule has 4 heterocycles. The van der Waals surface area contributed by atoms with Crippen LogP contribution in [0, 0.1) is 10.1 Å². The molecule has 1 N–H and O–H groups in total. The molecular weight excluding hydrogens is 460 g/mol. The number of nitrogens with one attached hydrogen (secondary N) is 1. The number of H-pyrrole nitrogens is 1. The number of benzene rings is 2. The fourth-order valence-electron chi connectivity index (χ4n) is 5.53. The Hall–Kier alpha value is -4.47. The Balaban J connectivity index is 1.39. The average molecular weight is 485 g/mol. The summed E-state index contributed by atoms with van der Waals surface area (Å²) in [7, 11) is 0. The predicted octanol–water partition coefficient (Wildman–Crippen LogP) is 3.05. The topological polar surface area (TPSA) is 117 Å². The Kier molecular flexibility index (Phi) is 5.28. The van der Waals surface area contributed by atoms with Crippen molar-refractivity contribution < 1.29 is 14.5 Å². The second-order valence-corrected chi connectivity index (χ2v) is 9.25. The molecule has 0 bridgehead atoms. The van der Waals surface area contributed by atoms with Crippen LogP contribution >= 0.6 is 0 Å². The number of amides is 2. The number of nitrogens with zero attached hydrogens (tertiary/aromatic N) is 5. The molecule has 2 amide bonds. The fourth-order valence-corrected chi connectivity index (χ4v) is 5.53. The summed E-state index contributed by atoms with van der Waals surface area (Å²) in [5, 5.41) is 12.5. The molecule has 0 saturated carbocycles.